The summed E-state index contributed by atoms with van der Waals surface area (Å²) >= 11 is 1.62. The van der Waals surface area contributed by atoms with Crippen LogP contribution in [0.2, 0.25) is 0 Å². The molecule has 2 aromatic rings. The van der Waals surface area contributed by atoms with Crippen LogP contribution in [0.25, 0.3) is 6.08 Å². The molecule has 2 rings (SSSR count). The number of amides is 1. The number of tetrazole rings is 1. The second-order valence-corrected chi connectivity index (χ2v) is 4.34. The first-order chi connectivity index (χ1) is 7.74. The van der Waals surface area contributed by atoms with Gasteiger partial charge in [-0.3, -0.25) is 10.1 Å². The first-order valence-electron chi connectivity index (χ1n) is 4.53. The van der Waals surface area contributed by atoms with Gasteiger partial charge in [-0.05, 0) is 35.6 Å². The molecule has 0 unspecified atom stereocenters. The van der Waals surface area contributed by atoms with Crippen LogP contribution in [0.3, 0.4) is 0 Å². The molecule has 0 atom stereocenters. The highest BCUT2D eigenvalue weighted by molar-refractivity contribution is 7.12. The van der Waals surface area contributed by atoms with E-state index in [-0.39, 0.29) is 11.9 Å². The van der Waals surface area contributed by atoms with Gasteiger partial charge in [-0.25, -0.2) is 5.10 Å². The molecule has 0 saturated carbocycles. The Bertz CT molecular complexity index is 502. The van der Waals surface area contributed by atoms with Gasteiger partial charge in [0.1, 0.15) is 0 Å². The number of hydrogen-bond donors (Lipinski definition) is 2. The Labute approximate surface area is 95.4 Å². The summed E-state index contributed by atoms with van der Waals surface area (Å²) in [5, 5.41) is 15.1. The molecule has 0 radical (unpaired) electrons. The van der Waals surface area contributed by atoms with Crippen LogP contribution in [0.4, 0.5) is 5.95 Å². The number of thiophene rings is 1. The second kappa shape index (κ2) is 4.67. The Morgan fingerprint density at radius 1 is 1.56 bits per heavy atom. The zero-order valence-electron chi connectivity index (χ0n) is 8.47. The van der Waals surface area contributed by atoms with E-state index >= 15 is 0 Å². The van der Waals surface area contributed by atoms with E-state index in [1.807, 2.05) is 19.1 Å². The van der Waals surface area contributed by atoms with Crippen molar-refractivity contribution in [3.05, 3.63) is 28.0 Å². The molecule has 2 heterocycles. The number of nitrogens with one attached hydrogen (secondary N) is 2. The van der Waals surface area contributed by atoms with Crippen LogP contribution < -0.4 is 5.32 Å². The van der Waals surface area contributed by atoms with Gasteiger partial charge in [0.25, 0.3) is 5.91 Å². The zero-order chi connectivity index (χ0) is 11.4. The fraction of sp³-hybridized carbons (Fsp3) is 0.111. The molecule has 0 aliphatic heterocycles. The van der Waals surface area contributed by atoms with Crippen molar-refractivity contribution in [3.8, 4) is 0 Å². The third-order valence-electron chi connectivity index (χ3n) is 1.75. The van der Waals surface area contributed by atoms with Gasteiger partial charge in [-0.15, -0.1) is 11.3 Å². The van der Waals surface area contributed by atoms with Crippen molar-refractivity contribution >= 4 is 29.3 Å². The first kappa shape index (κ1) is 10.5. The number of hydrogen-bond acceptors (Lipinski definition) is 5. The van der Waals surface area contributed by atoms with E-state index in [1.165, 1.54) is 11.0 Å². The van der Waals surface area contributed by atoms with Crippen LogP contribution in [0.15, 0.2) is 18.2 Å². The zero-order valence-corrected chi connectivity index (χ0v) is 9.28. The lowest BCUT2D eigenvalue weighted by molar-refractivity contribution is -0.111. The molecule has 2 N–H and O–H groups in total. The standard InChI is InChI=1S/C9H9N5OS/c1-6-2-3-7(16-6)4-5-8(15)10-9-11-13-14-12-9/h2-5H,1H3,(H2,10,11,12,13,14,15). The molecule has 0 spiro atoms. The van der Waals surface area contributed by atoms with Crippen molar-refractivity contribution in [2.45, 2.75) is 6.92 Å². The minimum Gasteiger partial charge on any atom is -0.290 e. The molecule has 7 heteroatoms. The van der Waals surface area contributed by atoms with E-state index in [0.717, 1.165) is 4.88 Å². The Morgan fingerprint density at radius 3 is 3.06 bits per heavy atom. The van der Waals surface area contributed by atoms with E-state index in [9.17, 15) is 4.79 Å². The van der Waals surface area contributed by atoms with E-state index in [4.69, 9.17) is 0 Å². The lowest BCUT2D eigenvalue weighted by Crippen LogP contribution is -2.08. The molecule has 0 aliphatic carbocycles. The minimum absolute atomic E-state index is 0.233. The average molecular weight is 235 g/mol. The summed E-state index contributed by atoms with van der Waals surface area (Å²) in [5.74, 6) is -0.0402. The summed E-state index contributed by atoms with van der Waals surface area (Å²) in [6, 6.07) is 3.96. The molecule has 0 fully saturated rings. The van der Waals surface area contributed by atoms with Gasteiger partial charge in [-0.2, -0.15) is 0 Å². The molecule has 0 saturated heterocycles. The van der Waals surface area contributed by atoms with Crippen molar-refractivity contribution in [2.75, 3.05) is 5.32 Å². The van der Waals surface area contributed by atoms with Crippen LogP contribution in [0, 0.1) is 6.92 Å². The molecule has 1 amide bonds. The Kier molecular flexibility index (Phi) is 3.06. The van der Waals surface area contributed by atoms with Crippen molar-refractivity contribution < 1.29 is 4.79 Å². The molecule has 82 valence electrons. The van der Waals surface area contributed by atoms with Crippen molar-refractivity contribution in [1.29, 1.82) is 0 Å². The van der Waals surface area contributed by atoms with Gasteiger partial charge >= 0.3 is 0 Å². The Morgan fingerprint density at radius 2 is 2.44 bits per heavy atom. The molecular formula is C9H9N5OS. The molecule has 0 aromatic carbocycles. The first-order valence-corrected chi connectivity index (χ1v) is 5.35. The average Bonchev–Trinajstić information content (AvgIpc) is 2.87. The van der Waals surface area contributed by atoms with Crippen molar-refractivity contribution in [1.82, 2.24) is 20.6 Å². The number of aromatic amines is 1. The van der Waals surface area contributed by atoms with E-state index in [2.05, 4.69) is 25.9 Å². The van der Waals surface area contributed by atoms with Crippen molar-refractivity contribution in [3.63, 3.8) is 0 Å². The highest BCUT2D eigenvalue weighted by atomic mass is 32.1. The fourth-order valence-corrected chi connectivity index (χ4v) is 1.85. The normalized spacial score (nSPS) is 10.8. The van der Waals surface area contributed by atoms with Gasteiger partial charge in [0.15, 0.2) is 0 Å². The molecule has 2 aromatic heterocycles. The van der Waals surface area contributed by atoms with Gasteiger partial charge < -0.3 is 0 Å². The number of carbonyl (C=O) groups excluding carboxylic acids is 1. The molecule has 16 heavy (non-hydrogen) atoms. The number of anilines is 1. The third kappa shape index (κ3) is 2.74. The van der Waals surface area contributed by atoms with Crippen LogP contribution in [-0.4, -0.2) is 26.5 Å². The highest BCUT2D eigenvalue weighted by Crippen LogP contribution is 2.16. The lowest BCUT2D eigenvalue weighted by Gasteiger charge is -1.92. The number of rotatable bonds is 3. The molecular weight excluding hydrogens is 226 g/mol. The number of carbonyl (C=O) groups is 1. The number of nitrogens with zero attached hydrogens (tertiary/aromatic N) is 3. The second-order valence-electron chi connectivity index (χ2n) is 3.02. The van der Waals surface area contributed by atoms with E-state index < -0.39 is 0 Å². The SMILES string of the molecule is Cc1ccc(C=CC(=O)Nc2nnn[nH]2)s1. The monoisotopic (exact) mass is 235 g/mol. The summed E-state index contributed by atoms with van der Waals surface area (Å²) in [4.78, 5) is 13.6. The summed E-state index contributed by atoms with van der Waals surface area (Å²) in [6.07, 6.45) is 3.19. The summed E-state index contributed by atoms with van der Waals surface area (Å²) in [6.45, 7) is 2.02. The Balaban J connectivity index is 1.94. The van der Waals surface area contributed by atoms with Gasteiger partial charge in [0, 0.05) is 15.8 Å². The predicted molar refractivity (Wildman–Crippen MR) is 60.9 cm³/mol. The maximum absolute atomic E-state index is 11.4. The third-order valence-corrected chi connectivity index (χ3v) is 2.71. The maximum Gasteiger partial charge on any atom is 0.250 e. The van der Waals surface area contributed by atoms with Crippen molar-refractivity contribution in [2.24, 2.45) is 0 Å². The largest absolute Gasteiger partial charge is 0.290 e. The van der Waals surface area contributed by atoms with E-state index in [1.54, 1.807) is 17.4 Å². The van der Waals surface area contributed by atoms with E-state index in [0.29, 0.717) is 0 Å². The molecule has 6 nitrogen and oxygen atoms in total. The van der Waals surface area contributed by atoms with Gasteiger partial charge in [0.05, 0.1) is 0 Å². The summed E-state index contributed by atoms with van der Waals surface area (Å²) in [5.41, 5.74) is 0. The van der Waals surface area contributed by atoms with Crippen LogP contribution >= 0.6 is 11.3 Å². The topological polar surface area (TPSA) is 83.6 Å². The fourth-order valence-electron chi connectivity index (χ4n) is 1.07. The van der Waals surface area contributed by atoms with Gasteiger partial charge in [-0.1, -0.05) is 5.10 Å². The lowest BCUT2D eigenvalue weighted by atomic mass is 10.4. The quantitative estimate of drug-likeness (QED) is 0.783. The highest BCUT2D eigenvalue weighted by Gasteiger charge is 2.00. The number of H-pyrrole nitrogens is 1. The Hall–Kier alpha value is -2.02. The predicted octanol–water partition coefficient (Wildman–Crippen LogP) is 1.22. The summed E-state index contributed by atoms with van der Waals surface area (Å²) < 4.78 is 0. The van der Waals surface area contributed by atoms with Crippen LogP contribution in [0.5, 0.6) is 0 Å². The smallest absolute Gasteiger partial charge is 0.250 e. The summed E-state index contributed by atoms with van der Waals surface area (Å²) in [7, 11) is 0. The number of aromatic nitrogens is 4. The van der Waals surface area contributed by atoms with Gasteiger partial charge in [0.2, 0.25) is 5.95 Å². The van der Waals surface area contributed by atoms with Crippen LogP contribution in [-0.2, 0) is 4.79 Å². The minimum atomic E-state index is -0.274. The van der Waals surface area contributed by atoms with Crippen LogP contribution in [0.1, 0.15) is 9.75 Å². The number of aryl methyl sites for hydroxylation is 1. The maximum atomic E-state index is 11.4. The molecule has 0 aliphatic rings. The molecule has 0 bridgehead atoms.